The molecule has 2 aromatic rings. The highest BCUT2D eigenvalue weighted by atomic mass is 16.5. The Kier molecular flexibility index (Phi) is 5.08. The SMILES string of the molecule is Cc1[nH]ncc1C(=O)N1CCC(OCCCc2ccccc2)C1. The molecule has 1 aliphatic heterocycles. The number of nitrogens with zero attached hydrogens (tertiary/aromatic N) is 2. The number of ether oxygens (including phenoxy) is 1. The van der Waals surface area contributed by atoms with E-state index >= 15 is 0 Å². The highest BCUT2D eigenvalue weighted by molar-refractivity contribution is 5.95. The molecule has 23 heavy (non-hydrogen) atoms. The summed E-state index contributed by atoms with van der Waals surface area (Å²) in [6.45, 7) is 4.04. The minimum atomic E-state index is 0.0478. The molecule has 1 saturated heterocycles. The van der Waals surface area contributed by atoms with Crippen molar-refractivity contribution in [1.29, 1.82) is 0 Å². The first-order chi connectivity index (χ1) is 11.2. The Morgan fingerprint density at radius 1 is 1.39 bits per heavy atom. The molecule has 1 fully saturated rings. The third kappa shape index (κ3) is 3.99. The zero-order valence-electron chi connectivity index (χ0n) is 13.5. The van der Waals surface area contributed by atoms with Gasteiger partial charge in [-0.1, -0.05) is 30.3 Å². The average Bonchev–Trinajstić information content (AvgIpc) is 3.21. The Bertz CT molecular complexity index is 639. The van der Waals surface area contributed by atoms with Crippen molar-refractivity contribution in [2.75, 3.05) is 19.7 Å². The number of carbonyl (C=O) groups excluding carboxylic acids is 1. The number of aromatic nitrogens is 2. The third-order valence-electron chi connectivity index (χ3n) is 4.30. The molecule has 1 aromatic heterocycles. The van der Waals surface area contributed by atoms with Crippen LogP contribution >= 0.6 is 0 Å². The summed E-state index contributed by atoms with van der Waals surface area (Å²) in [5, 5.41) is 6.73. The van der Waals surface area contributed by atoms with Gasteiger partial charge in [-0.05, 0) is 31.7 Å². The van der Waals surface area contributed by atoms with Gasteiger partial charge in [-0.15, -0.1) is 0 Å². The topological polar surface area (TPSA) is 58.2 Å². The van der Waals surface area contributed by atoms with Crippen LogP contribution in [0, 0.1) is 6.92 Å². The van der Waals surface area contributed by atoms with Crippen LogP contribution < -0.4 is 0 Å². The van der Waals surface area contributed by atoms with Gasteiger partial charge in [0.25, 0.3) is 5.91 Å². The normalized spacial score (nSPS) is 17.6. The van der Waals surface area contributed by atoms with Gasteiger partial charge in [0.2, 0.25) is 0 Å². The van der Waals surface area contributed by atoms with Gasteiger partial charge in [0.15, 0.2) is 0 Å². The van der Waals surface area contributed by atoms with Crippen LogP contribution in [0.25, 0.3) is 0 Å². The van der Waals surface area contributed by atoms with Crippen molar-refractivity contribution >= 4 is 5.91 Å². The van der Waals surface area contributed by atoms with E-state index in [2.05, 4.69) is 34.5 Å². The summed E-state index contributed by atoms with van der Waals surface area (Å²) >= 11 is 0. The van der Waals surface area contributed by atoms with Crippen LogP contribution in [0.5, 0.6) is 0 Å². The van der Waals surface area contributed by atoms with E-state index in [4.69, 9.17) is 4.74 Å². The van der Waals surface area contributed by atoms with Crippen molar-refractivity contribution in [3.05, 3.63) is 53.3 Å². The molecule has 2 heterocycles. The predicted octanol–water partition coefficient (Wildman–Crippen LogP) is 2.58. The number of carbonyl (C=O) groups is 1. The van der Waals surface area contributed by atoms with E-state index in [1.54, 1.807) is 6.20 Å². The molecule has 0 radical (unpaired) electrons. The van der Waals surface area contributed by atoms with Crippen LogP contribution in [0.15, 0.2) is 36.5 Å². The molecule has 0 saturated carbocycles. The Hall–Kier alpha value is -2.14. The van der Waals surface area contributed by atoms with Gasteiger partial charge in [0.1, 0.15) is 0 Å². The highest BCUT2D eigenvalue weighted by Gasteiger charge is 2.28. The quantitative estimate of drug-likeness (QED) is 0.834. The standard InChI is InChI=1S/C18H23N3O2/c1-14-17(12-19-20-14)18(22)21-10-9-16(13-21)23-11-5-8-15-6-3-2-4-7-15/h2-4,6-7,12,16H,5,8-11,13H2,1H3,(H,19,20). The van der Waals surface area contributed by atoms with Gasteiger partial charge in [-0.2, -0.15) is 5.10 Å². The molecular weight excluding hydrogens is 290 g/mol. The molecule has 0 aliphatic carbocycles. The van der Waals surface area contributed by atoms with Crippen molar-refractivity contribution < 1.29 is 9.53 Å². The Morgan fingerprint density at radius 2 is 2.22 bits per heavy atom. The first-order valence-corrected chi connectivity index (χ1v) is 8.19. The first-order valence-electron chi connectivity index (χ1n) is 8.19. The Balaban J connectivity index is 1.40. The number of hydrogen-bond acceptors (Lipinski definition) is 3. The molecule has 0 spiro atoms. The van der Waals surface area contributed by atoms with Crippen LogP contribution in [-0.4, -0.2) is 46.8 Å². The fourth-order valence-corrected chi connectivity index (χ4v) is 2.96. The van der Waals surface area contributed by atoms with E-state index in [9.17, 15) is 4.79 Å². The molecule has 5 heteroatoms. The number of aryl methyl sites for hydroxylation is 2. The fourth-order valence-electron chi connectivity index (χ4n) is 2.96. The van der Waals surface area contributed by atoms with Crippen molar-refractivity contribution in [2.24, 2.45) is 0 Å². The van der Waals surface area contributed by atoms with E-state index in [0.29, 0.717) is 12.1 Å². The second-order valence-corrected chi connectivity index (χ2v) is 6.03. The van der Waals surface area contributed by atoms with E-state index in [-0.39, 0.29) is 12.0 Å². The molecule has 122 valence electrons. The third-order valence-corrected chi connectivity index (χ3v) is 4.30. The van der Waals surface area contributed by atoms with E-state index < -0.39 is 0 Å². The summed E-state index contributed by atoms with van der Waals surface area (Å²) < 4.78 is 5.94. The largest absolute Gasteiger partial charge is 0.376 e. The van der Waals surface area contributed by atoms with Crippen molar-refractivity contribution in [3.63, 3.8) is 0 Å². The fraction of sp³-hybridized carbons (Fsp3) is 0.444. The predicted molar refractivity (Wildman–Crippen MR) is 88.3 cm³/mol. The molecule has 5 nitrogen and oxygen atoms in total. The van der Waals surface area contributed by atoms with Crippen LogP contribution in [0.4, 0.5) is 0 Å². The Morgan fingerprint density at radius 3 is 2.96 bits per heavy atom. The molecule has 1 aliphatic rings. The number of nitrogens with one attached hydrogen (secondary N) is 1. The summed E-state index contributed by atoms with van der Waals surface area (Å²) in [4.78, 5) is 14.3. The molecule has 1 aromatic carbocycles. The zero-order valence-corrected chi connectivity index (χ0v) is 13.5. The number of likely N-dealkylation sites (tertiary alicyclic amines) is 1. The molecule has 1 N–H and O–H groups in total. The summed E-state index contributed by atoms with van der Waals surface area (Å²) in [6, 6.07) is 10.4. The van der Waals surface area contributed by atoms with Crippen molar-refractivity contribution in [2.45, 2.75) is 32.3 Å². The van der Waals surface area contributed by atoms with Crippen LogP contribution in [0.2, 0.25) is 0 Å². The van der Waals surface area contributed by atoms with Gasteiger partial charge >= 0.3 is 0 Å². The van der Waals surface area contributed by atoms with Gasteiger partial charge < -0.3 is 9.64 Å². The lowest BCUT2D eigenvalue weighted by Gasteiger charge is -2.16. The zero-order chi connectivity index (χ0) is 16.1. The second kappa shape index (κ2) is 7.42. The summed E-state index contributed by atoms with van der Waals surface area (Å²) in [5.74, 6) is 0.0478. The summed E-state index contributed by atoms with van der Waals surface area (Å²) in [5.41, 5.74) is 2.83. The summed E-state index contributed by atoms with van der Waals surface area (Å²) in [7, 11) is 0. The maximum atomic E-state index is 12.4. The van der Waals surface area contributed by atoms with Gasteiger partial charge in [0.05, 0.1) is 17.9 Å². The van der Waals surface area contributed by atoms with Gasteiger partial charge in [-0.3, -0.25) is 9.89 Å². The highest BCUT2D eigenvalue weighted by Crippen LogP contribution is 2.17. The molecule has 3 rings (SSSR count). The number of hydrogen-bond donors (Lipinski definition) is 1. The maximum absolute atomic E-state index is 12.4. The lowest BCUT2D eigenvalue weighted by atomic mass is 10.1. The first kappa shape index (κ1) is 15.7. The lowest BCUT2D eigenvalue weighted by molar-refractivity contribution is 0.0524. The molecule has 1 amide bonds. The van der Waals surface area contributed by atoms with Crippen molar-refractivity contribution in [1.82, 2.24) is 15.1 Å². The molecule has 1 atom stereocenters. The molecule has 0 bridgehead atoms. The van der Waals surface area contributed by atoms with Crippen LogP contribution in [-0.2, 0) is 11.2 Å². The minimum Gasteiger partial charge on any atom is -0.376 e. The number of benzene rings is 1. The van der Waals surface area contributed by atoms with Gasteiger partial charge in [0, 0.05) is 25.4 Å². The number of aromatic amines is 1. The monoisotopic (exact) mass is 313 g/mol. The smallest absolute Gasteiger partial charge is 0.257 e. The maximum Gasteiger partial charge on any atom is 0.257 e. The van der Waals surface area contributed by atoms with Crippen molar-refractivity contribution in [3.8, 4) is 0 Å². The van der Waals surface area contributed by atoms with Crippen LogP contribution in [0.1, 0.15) is 34.5 Å². The molecular formula is C18H23N3O2. The van der Waals surface area contributed by atoms with Crippen LogP contribution in [0.3, 0.4) is 0 Å². The van der Waals surface area contributed by atoms with E-state index in [0.717, 1.165) is 38.1 Å². The lowest BCUT2D eigenvalue weighted by Crippen LogP contribution is -2.30. The molecule has 1 unspecified atom stereocenters. The number of H-pyrrole nitrogens is 1. The second-order valence-electron chi connectivity index (χ2n) is 6.03. The minimum absolute atomic E-state index is 0.0478. The Labute approximate surface area is 136 Å². The average molecular weight is 313 g/mol. The number of amides is 1. The summed E-state index contributed by atoms with van der Waals surface area (Å²) in [6.07, 6.45) is 4.71. The van der Waals surface area contributed by atoms with E-state index in [1.165, 1.54) is 5.56 Å². The number of rotatable bonds is 6. The van der Waals surface area contributed by atoms with E-state index in [1.807, 2.05) is 17.9 Å². The van der Waals surface area contributed by atoms with Gasteiger partial charge in [-0.25, -0.2) is 0 Å².